The third-order valence-corrected chi connectivity index (χ3v) is 8.33. The summed E-state index contributed by atoms with van der Waals surface area (Å²) in [6.45, 7) is 7.88. The van der Waals surface area contributed by atoms with E-state index in [2.05, 4.69) is 15.6 Å². The van der Waals surface area contributed by atoms with Gasteiger partial charge in [-0.15, -0.1) is 11.3 Å². The average Bonchev–Trinajstić information content (AvgIpc) is 3.54. The van der Waals surface area contributed by atoms with Gasteiger partial charge in [0.25, 0.3) is 5.56 Å². The number of fused-ring (bicyclic) bond motifs is 1. The second-order valence-corrected chi connectivity index (χ2v) is 10.9. The number of esters is 1. The van der Waals surface area contributed by atoms with Gasteiger partial charge in [0.1, 0.15) is 6.04 Å². The predicted octanol–water partition coefficient (Wildman–Crippen LogP) is 4.92. The molecule has 184 valence electrons. The van der Waals surface area contributed by atoms with Gasteiger partial charge in [-0.3, -0.25) is 9.36 Å². The summed E-state index contributed by atoms with van der Waals surface area (Å²) in [5.41, 5.74) is 4.80. The third kappa shape index (κ3) is 4.19. The molecule has 0 saturated heterocycles. The molecule has 3 aromatic heterocycles. The van der Waals surface area contributed by atoms with Crippen molar-refractivity contribution < 1.29 is 9.53 Å². The Morgan fingerprint density at radius 1 is 1.19 bits per heavy atom. The van der Waals surface area contributed by atoms with Gasteiger partial charge in [-0.1, -0.05) is 29.0 Å². The lowest BCUT2D eigenvalue weighted by Crippen LogP contribution is -2.39. The van der Waals surface area contributed by atoms with Gasteiger partial charge in [-0.25, -0.2) is 9.79 Å². The molecule has 0 fully saturated rings. The SMILES string of the molecule is CCOC(=O)C1=C(C)N=c2s/c(=C\c3cc(C)n(-c4ccc(Cl)cc4)c3C)c(=O)n2[C@@H]1c1cccs1. The topological polar surface area (TPSA) is 65.6 Å². The zero-order valence-electron chi connectivity index (χ0n) is 20.2. The van der Waals surface area contributed by atoms with Gasteiger partial charge in [0.15, 0.2) is 4.80 Å². The fourth-order valence-electron chi connectivity index (χ4n) is 4.57. The summed E-state index contributed by atoms with van der Waals surface area (Å²) in [5, 5.41) is 2.62. The minimum absolute atomic E-state index is 0.178. The van der Waals surface area contributed by atoms with Crippen molar-refractivity contribution in [2.24, 2.45) is 4.99 Å². The molecule has 0 N–H and O–H groups in total. The summed E-state index contributed by atoms with van der Waals surface area (Å²) in [6, 6.07) is 13.0. The number of allylic oxidation sites excluding steroid dienone is 1. The zero-order chi connectivity index (χ0) is 25.6. The van der Waals surface area contributed by atoms with Crippen LogP contribution in [0.4, 0.5) is 0 Å². The first-order chi connectivity index (χ1) is 17.3. The molecule has 1 aliphatic heterocycles. The standard InChI is InChI=1S/C27H24ClN3O3S2/c1-5-34-26(33)23-16(3)29-27-31(24(23)21-7-6-12-35-21)25(32)22(36-27)14-18-13-15(2)30(17(18)4)20-10-8-19(28)9-11-20/h6-14,24H,5H2,1-4H3/b22-14-/t24-/m1/s1. The number of thiazole rings is 1. The molecule has 4 heterocycles. The fraction of sp³-hybridized carbons (Fsp3) is 0.222. The number of aryl methyl sites for hydroxylation is 1. The number of rotatable bonds is 5. The highest BCUT2D eigenvalue weighted by atomic mass is 35.5. The summed E-state index contributed by atoms with van der Waals surface area (Å²) in [5.74, 6) is -0.446. The van der Waals surface area contributed by atoms with Crippen LogP contribution < -0.4 is 14.9 Å². The van der Waals surface area contributed by atoms with E-state index < -0.39 is 12.0 Å². The van der Waals surface area contributed by atoms with Crippen molar-refractivity contribution in [2.45, 2.75) is 33.7 Å². The van der Waals surface area contributed by atoms with Crippen LogP contribution in [0.5, 0.6) is 0 Å². The Bertz CT molecular complexity index is 1670. The maximum atomic E-state index is 13.8. The van der Waals surface area contributed by atoms with Gasteiger partial charge in [0.2, 0.25) is 0 Å². The van der Waals surface area contributed by atoms with E-state index in [1.54, 1.807) is 18.4 Å². The summed E-state index contributed by atoms with van der Waals surface area (Å²) in [7, 11) is 0. The molecule has 9 heteroatoms. The predicted molar refractivity (Wildman–Crippen MR) is 145 cm³/mol. The van der Waals surface area contributed by atoms with Crippen LogP contribution in [-0.4, -0.2) is 21.7 Å². The lowest BCUT2D eigenvalue weighted by Gasteiger charge is -2.23. The molecule has 4 aromatic rings. The van der Waals surface area contributed by atoms with E-state index in [1.807, 2.05) is 61.7 Å². The number of carbonyl (C=O) groups is 1. The molecule has 0 amide bonds. The summed E-state index contributed by atoms with van der Waals surface area (Å²) in [6.07, 6.45) is 1.91. The van der Waals surface area contributed by atoms with Crippen LogP contribution >= 0.6 is 34.3 Å². The Hall–Kier alpha value is -3.20. The number of nitrogens with zero attached hydrogens (tertiary/aromatic N) is 3. The van der Waals surface area contributed by atoms with Gasteiger partial charge in [-0.05, 0) is 81.1 Å². The summed E-state index contributed by atoms with van der Waals surface area (Å²) < 4.78 is 9.66. The van der Waals surface area contributed by atoms with Gasteiger partial charge in [0, 0.05) is 27.0 Å². The maximum Gasteiger partial charge on any atom is 0.338 e. The van der Waals surface area contributed by atoms with E-state index >= 15 is 0 Å². The van der Waals surface area contributed by atoms with E-state index in [-0.39, 0.29) is 12.2 Å². The molecule has 0 radical (unpaired) electrons. The maximum absolute atomic E-state index is 13.8. The van der Waals surface area contributed by atoms with Crippen molar-refractivity contribution in [3.63, 3.8) is 0 Å². The quantitative estimate of drug-likeness (QED) is 0.339. The van der Waals surface area contributed by atoms with Crippen molar-refractivity contribution in [1.29, 1.82) is 0 Å². The third-order valence-electron chi connectivity index (χ3n) is 6.17. The van der Waals surface area contributed by atoms with E-state index in [1.165, 1.54) is 22.7 Å². The molecule has 0 bridgehead atoms. The summed E-state index contributed by atoms with van der Waals surface area (Å²) >= 11 is 8.90. The van der Waals surface area contributed by atoms with Crippen molar-refractivity contribution in [3.05, 3.63) is 106 Å². The number of benzene rings is 1. The molecule has 36 heavy (non-hydrogen) atoms. The van der Waals surface area contributed by atoms with E-state index in [0.717, 1.165) is 27.5 Å². The number of halogens is 1. The largest absolute Gasteiger partial charge is 0.463 e. The Morgan fingerprint density at radius 2 is 1.94 bits per heavy atom. The molecule has 1 atom stereocenters. The fourth-order valence-corrected chi connectivity index (χ4v) is 6.56. The summed E-state index contributed by atoms with van der Waals surface area (Å²) in [4.78, 5) is 32.8. The molecule has 0 spiro atoms. The van der Waals surface area contributed by atoms with Crippen LogP contribution in [-0.2, 0) is 9.53 Å². The Kier molecular flexibility index (Phi) is 6.59. The molecular formula is C27H24ClN3O3S2. The molecule has 0 aliphatic carbocycles. The van der Waals surface area contributed by atoms with Crippen LogP contribution in [0.15, 0.2) is 68.9 Å². The molecule has 6 nitrogen and oxygen atoms in total. The smallest absolute Gasteiger partial charge is 0.338 e. The van der Waals surface area contributed by atoms with Crippen molar-refractivity contribution in [1.82, 2.24) is 9.13 Å². The molecule has 0 saturated carbocycles. The number of thiophene rings is 1. The second-order valence-electron chi connectivity index (χ2n) is 8.46. The molecule has 1 aliphatic rings. The van der Waals surface area contributed by atoms with E-state index in [9.17, 15) is 9.59 Å². The van der Waals surface area contributed by atoms with Gasteiger partial charge < -0.3 is 9.30 Å². The number of carbonyl (C=O) groups excluding carboxylic acids is 1. The first kappa shape index (κ1) is 24.5. The monoisotopic (exact) mass is 537 g/mol. The van der Waals surface area contributed by atoms with Crippen LogP contribution in [0.1, 0.15) is 41.7 Å². The second kappa shape index (κ2) is 9.69. The van der Waals surface area contributed by atoms with Crippen LogP contribution in [0.2, 0.25) is 5.02 Å². The van der Waals surface area contributed by atoms with Crippen LogP contribution in [0.3, 0.4) is 0 Å². The molecule has 1 aromatic carbocycles. The Morgan fingerprint density at radius 3 is 2.61 bits per heavy atom. The van der Waals surface area contributed by atoms with Crippen molar-refractivity contribution in [2.75, 3.05) is 6.61 Å². The first-order valence-electron chi connectivity index (χ1n) is 11.5. The number of hydrogen-bond acceptors (Lipinski definition) is 6. The molecule has 0 unspecified atom stereocenters. The lowest BCUT2D eigenvalue weighted by molar-refractivity contribution is -0.139. The number of ether oxygens (including phenoxy) is 1. The normalized spacial score (nSPS) is 15.7. The zero-order valence-corrected chi connectivity index (χ0v) is 22.6. The highest BCUT2D eigenvalue weighted by Gasteiger charge is 2.33. The molecule has 5 rings (SSSR count). The van der Waals surface area contributed by atoms with E-state index in [4.69, 9.17) is 16.3 Å². The van der Waals surface area contributed by atoms with E-state index in [0.29, 0.717) is 25.6 Å². The highest BCUT2D eigenvalue weighted by molar-refractivity contribution is 7.10. The van der Waals surface area contributed by atoms with Gasteiger partial charge >= 0.3 is 5.97 Å². The minimum Gasteiger partial charge on any atom is -0.463 e. The molecular weight excluding hydrogens is 514 g/mol. The number of hydrogen-bond donors (Lipinski definition) is 0. The Balaban J connectivity index is 1.67. The first-order valence-corrected chi connectivity index (χ1v) is 13.6. The number of aromatic nitrogens is 2. The van der Waals surface area contributed by atoms with Crippen molar-refractivity contribution in [3.8, 4) is 5.69 Å². The van der Waals surface area contributed by atoms with Crippen LogP contribution in [0.25, 0.3) is 11.8 Å². The lowest BCUT2D eigenvalue weighted by atomic mass is 10.0. The van der Waals surface area contributed by atoms with Crippen LogP contribution in [0, 0.1) is 13.8 Å². The Labute approximate surface area is 221 Å². The minimum atomic E-state index is -0.566. The van der Waals surface area contributed by atoms with Gasteiger partial charge in [-0.2, -0.15) is 0 Å². The van der Waals surface area contributed by atoms with Gasteiger partial charge in [0.05, 0.1) is 22.4 Å². The van der Waals surface area contributed by atoms with Crippen molar-refractivity contribution >= 4 is 46.3 Å². The average molecular weight is 538 g/mol. The highest BCUT2D eigenvalue weighted by Crippen LogP contribution is 2.33.